The Bertz CT molecular complexity index is 293. The monoisotopic (exact) mass is 267 g/mol. The molecule has 0 heterocycles. The number of rotatable bonds is 8. The Hall–Kier alpha value is -0.830. The fraction of sp³-hybridized carbons (Fsp3) is 0.812. The number of carbonyl (C=O) groups excluding carboxylic acids is 1. The topological polar surface area (TPSA) is 29.5 Å². The second-order valence-electron chi connectivity index (χ2n) is 5.92. The highest BCUT2D eigenvalue weighted by atomic mass is 16.5. The third-order valence-corrected chi connectivity index (χ3v) is 3.79. The van der Waals surface area contributed by atoms with Gasteiger partial charge >= 0.3 is 5.97 Å². The highest BCUT2D eigenvalue weighted by Gasteiger charge is 2.24. The number of nitrogens with zero attached hydrogens (tertiary/aromatic N) is 1. The van der Waals surface area contributed by atoms with Gasteiger partial charge in [-0.05, 0) is 38.6 Å². The average molecular weight is 267 g/mol. The molecule has 1 aliphatic carbocycles. The second kappa shape index (κ2) is 8.36. The van der Waals surface area contributed by atoms with E-state index in [0.717, 1.165) is 6.54 Å². The summed E-state index contributed by atoms with van der Waals surface area (Å²) in [5.41, 5.74) is 0.595. The molecule has 0 bridgehead atoms. The van der Waals surface area contributed by atoms with Gasteiger partial charge in [-0.25, -0.2) is 4.79 Å². The van der Waals surface area contributed by atoms with Gasteiger partial charge in [0.05, 0.1) is 6.61 Å². The molecule has 3 heteroatoms. The average Bonchev–Trinajstić information content (AvgIpc) is 2.87. The molecule has 110 valence electrons. The van der Waals surface area contributed by atoms with E-state index in [1.54, 1.807) is 0 Å². The molecule has 0 atom stereocenters. The van der Waals surface area contributed by atoms with Crippen molar-refractivity contribution in [2.75, 3.05) is 19.7 Å². The Morgan fingerprint density at radius 1 is 1.37 bits per heavy atom. The molecule has 0 aromatic heterocycles. The molecule has 0 saturated heterocycles. The summed E-state index contributed by atoms with van der Waals surface area (Å²) in [5.74, 6) is 0.454. The minimum Gasteiger partial charge on any atom is -0.463 e. The molecular formula is C16H29NO2. The summed E-state index contributed by atoms with van der Waals surface area (Å²) in [5, 5.41) is 0. The molecule has 0 spiro atoms. The Balaban J connectivity index is 2.52. The third kappa shape index (κ3) is 5.77. The zero-order chi connectivity index (χ0) is 14.3. The maximum Gasteiger partial charge on any atom is 0.334 e. The van der Waals surface area contributed by atoms with Crippen LogP contribution >= 0.6 is 0 Å². The van der Waals surface area contributed by atoms with E-state index in [1.807, 2.05) is 6.92 Å². The summed E-state index contributed by atoms with van der Waals surface area (Å²) in [7, 11) is 0. The summed E-state index contributed by atoms with van der Waals surface area (Å²) in [6.45, 7) is 12.4. The van der Waals surface area contributed by atoms with Gasteiger partial charge in [0.1, 0.15) is 0 Å². The van der Waals surface area contributed by atoms with Gasteiger partial charge in [0.2, 0.25) is 0 Å². The van der Waals surface area contributed by atoms with Gasteiger partial charge in [0, 0.05) is 18.2 Å². The van der Waals surface area contributed by atoms with Crippen molar-refractivity contribution in [1.82, 2.24) is 4.90 Å². The lowest BCUT2D eigenvalue weighted by atomic mass is 10.1. The number of esters is 1. The second-order valence-corrected chi connectivity index (χ2v) is 5.92. The maximum absolute atomic E-state index is 11.7. The van der Waals surface area contributed by atoms with E-state index >= 15 is 0 Å². The largest absolute Gasteiger partial charge is 0.463 e. The molecular weight excluding hydrogens is 238 g/mol. The molecule has 0 N–H and O–H groups in total. The quantitative estimate of drug-likeness (QED) is 0.498. The Labute approximate surface area is 118 Å². The van der Waals surface area contributed by atoms with Crippen LogP contribution in [-0.4, -0.2) is 36.6 Å². The zero-order valence-electron chi connectivity index (χ0n) is 12.8. The molecule has 0 aromatic rings. The lowest BCUT2D eigenvalue weighted by Crippen LogP contribution is -2.37. The summed E-state index contributed by atoms with van der Waals surface area (Å²) >= 11 is 0. The number of ether oxygens (including phenoxy) is 1. The van der Waals surface area contributed by atoms with E-state index in [9.17, 15) is 4.79 Å². The molecule has 0 amide bonds. The third-order valence-electron chi connectivity index (χ3n) is 3.79. The van der Waals surface area contributed by atoms with Crippen molar-refractivity contribution >= 4 is 5.97 Å². The zero-order valence-corrected chi connectivity index (χ0v) is 12.8. The molecule has 1 fully saturated rings. The number of carbonyl (C=O) groups is 1. The van der Waals surface area contributed by atoms with Gasteiger partial charge in [-0.2, -0.15) is 0 Å². The van der Waals surface area contributed by atoms with Crippen LogP contribution in [0.2, 0.25) is 0 Å². The highest BCUT2D eigenvalue weighted by Crippen LogP contribution is 2.24. The Kier molecular flexibility index (Phi) is 7.14. The van der Waals surface area contributed by atoms with Crippen molar-refractivity contribution in [3.8, 4) is 0 Å². The SMILES string of the molecule is C=C(CN(CCC(C)C)C1CCCC1)C(=O)OCC. The maximum atomic E-state index is 11.7. The van der Waals surface area contributed by atoms with E-state index in [0.29, 0.717) is 30.7 Å². The molecule has 0 aliphatic heterocycles. The van der Waals surface area contributed by atoms with Gasteiger partial charge in [-0.1, -0.05) is 33.3 Å². The minimum absolute atomic E-state index is 0.241. The van der Waals surface area contributed by atoms with Crippen LogP contribution in [0.4, 0.5) is 0 Å². The fourth-order valence-electron chi connectivity index (χ4n) is 2.63. The smallest absolute Gasteiger partial charge is 0.334 e. The van der Waals surface area contributed by atoms with Gasteiger partial charge in [-0.3, -0.25) is 4.90 Å². The Morgan fingerprint density at radius 3 is 2.53 bits per heavy atom. The van der Waals surface area contributed by atoms with Crippen LogP contribution in [-0.2, 0) is 9.53 Å². The normalized spacial score (nSPS) is 16.3. The number of hydrogen-bond donors (Lipinski definition) is 0. The first-order valence-corrected chi connectivity index (χ1v) is 7.63. The van der Waals surface area contributed by atoms with E-state index in [4.69, 9.17) is 4.74 Å². The standard InChI is InChI=1S/C16H29NO2/c1-5-19-16(18)14(4)12-17(11-10-13(2)3)15-8-6-7-9-15/h13,15H,4-12H2,1-3H3. The van der Waals surface area contributed by atoms with Crippen LogP contribution in [0.5, 0.6) is 0 Å². The molecule has 3 nitrogen and oxygen atoms in total. The van der Waals surface area contributed by atoms with E-state index < -0.39 is 0 Å². The predicted octanol–water partition coefficient (Wildman–Crippen LogP) is 3.40. The summed E-state index contributed by atoms with van der Waals surface area (Å²) in [6.07, 6.45) is 6.32. The van der Waals surface area contributed by atoms with E-state index in [1.165, 1.54) is 32.1 Å². The first-order valence-electron chi connectivity index (χ1n) is 7.63. The van der Waals surface area contributed by atoms with Crippen molar-refractivity contribution < 1.29 is 9.53 Å². The van der Waals surface area contributed by atoms with Crippen molar-refractivity contribution in [2.45, 2.75) is 58.9 Å². The summed E-state index contributed by atoms with van der Waals surface area (Å²) in [4.78, 5) is 14.1. The lowest BCUT2D eigenvalue weighted by molar-refractivity contribution is -0.138. The molecule has 1 rings (SSSR count). The number of hydrogen-bond acceptors (Lipinski definition) is 3. The molecule has 19 heavy (non-hydrogen) atoms. The van der Waals surface area contributed by atoms with Crippen LogP contribution in [0.1, 0.15) is 52.9 Å². The van der Waals surface area contributed by atoms with E-state index in [2.05, 4.69) is 25.3 Å². The van der Waals surface area contributed by atoms with Gasteiger partial charge in [0.15, 0.2) is 0 Å². The van der Waals surface area contributed by atoms with Crippen LogP contribution in [0, 0.1) is 5.92 Å². The van der Waals surface area contributed by atoms with Crippen molar-refractivity contribution in [2.24, 2.45) is 5.92 Å². The fourth-order valence-corrected chi connectivity index (χ4v) is 2.63. The van der Waals surface area contributed by atoms with Crippen LogP contribution < -0.4 is 0 Å². The van der Waals surface area contributed by atoms with Gasteiger partial charge in [0.25, 0.3) is 0 Å². The predicted molar refractivity (Wildman–Crippen MR) is 79.1 cm³/mol. The van der Waals surface area contributed by atoms with Crippen LogP contribution in [0.3, 0.4) is 0 Å². The molecule has 0 radical (unpaired) electrons. The first-order chi connectivity index (χ1) is 9.04. The van der Waals surface area contributed by atoms with Gasteiger partial charge in [-0.15, -0.1) is 0 Å². The molecule has 0 aromatic carbocycles. The molecule has 0 unspecified atom stereocenters. The molecule has 1 aliphatic rings. The Morgan fingerprint density at radius 2 is 2.00 bits per heavy atom. The summed E-state index contributed by atoms with van der Waals surface area (Å²) < 4.78 is 5.03. The van der Waals surface area contributed by atoms with Crippen molar-refractivity contribution in [3.63, 3.8) is 0 Å². The minimum atomic E-state index is -0.241. The van der Waals surface area contributed by atoms with Crippen molar-refractivity contribution in [1.29, 1.82) is 0 Å². The van der Waals surface area contributed by atoms with Crippen LogP contribution in [0.25, 0.3) is 0 Å². The van der Waals surface area contributed by atoms with Gasteiger partial charge < -0.3 is 4.74 Å². The molecule has 1 saturated carbocycles. The lowest BCUT2D eigenvalue weighted by Gasteiger charge is -2.29. The first kappa shape index (κ1) is 16.2. The van der Waals surface area contributed by atoms with Crippen molar-refractivity contribution in [3.05, 3.63) is 12.2 Å². The summed E-state index contributed by atoms with van der Waals surface area (Å²) in [6, 6.07) is 0.630. The van der Waals surface area contributed by atoms with E-state index in [-0.39, 0.29) is 5.97 Å². The highest BCUT2D eigenvalue weighted by molar-refractivity contribution is 5.88. The van der Waals surface area contributed by atoms with Crippen LogP contribution in [0.15, 0.2) is 12.2 Å².